The monoisotopic (exact) mass is 989 g/mol. The Labute approximate surface area is 410 Å². The molecule has 16 heteroatoms. The zero-order valence-corrected chi connectivity index (χ0v) is 41.4. The quantitative estimate of drug-likeness (QED) is 0.00969. The Hall–Kier alpha value is -4.09. The molecule has 15 nitrogen and oxygen atoms in total. The summed E-state index contributed by atoms with van der Waals surface area (Å²) in [7, 11) is -5.18. The van der Waals surface area contributed by atoms with Gasteiger partial charge in [0, 0.05) is 12.8 Å². The van der Waals surface area contributed by atoms with E-state index in [1.165, 1.54) is 0 Å². The number of allylic oxidation sites excluding steroid dienone is 18. The summed E-state index contributed by atoms with van der Waals surface area (Å²) >= 11 is 0. The van der Waals surface area contributed by atoms with Crippen molar-refractivity contribution < 1.29 is 73.3 Å². The molecule has 0 saturated heterocycles. The Morgan fingerprint density at radius 1 is 0.522 bits per heavy atom. The van der Waals surface area contributed by atoms with Gasteiger partial charge in [0.25, 0.3) is 0 Å². The van der Waals surface area contributed by atoms with Crippen LogP contribution in [-0.4, -0.2) is 121 Å². The molecule has 0 aromatic rings. The number of carbonyl (C=O) groups is 2. The van der Waals surface area contributed by atoms with Gasteiger partial charge in [-0.15, -0.1) is 0 Å². The summed E-state index contributed by atoms with van der Waals surface area (Å²) in [4.78, 5) is 35.8. The zero-order valence-electron chi connectivity index (χ0n) is 40.5. The van der Waals surface area contributed by atoms with Crippen LogP contribution in [0.3, 0.4) is 0 Å². The van der Waals surface area contributed by atoms with Crippen LogP contribution in [0.5, 0.6) is 0 Å². The predicted molar refractivity (Wildman–Crippen MR) is 269 cm³/mol. The number of carbonyl (C=O) groups excluding carboxylic acids is 2. The van der Waals surface area contributed by atoms with Crippen LogP contribution in [0.4, 0.5) is 0 Å². The van der Waals surface area contributed by atoms with E-state index >= 15 is 0 Å². The van der Waals surface area contributed by atoms with Gasteiger partial charge in [0.2, 0.25) is 0 Å². The van der Waals surface area contributed by atoms with E-state index in [-0.39, 0.29) is 12.8 Å². The SMILES string of the molecule is CC/C=C\C/C=C\C/C=C\C/C=C\C/C=C\CCCCCC(=O)O[C@H](COC(=O)CC/C=C\C/C=C\C[C@H](O)/C=C/C=C\C=C\[C@H](O)C/C=C\CC)COP(=O)(O)OC1[C@H](O)[C@H](O)C(O)[C@H](O)[C@H]1O. The van der Waals surface area contributed by atoms with Gasteiger partial charge in [-0.1, -0.05) is 154 Å². The summed E-state index contributed by atoms with van der Waals surface area (Å²) in [6, 6.07) is 0. The lowest BCUT2D eigenvalue weighted by molar-refractivity contribution is -0.220. The van der Waals surface area contributed by atoms with E-state index in [9.17, 15) is 54.8 Å². The molecule has 0 radical (unpaired) electrons. The summed E-state index contributed by atoms with van der Waals surface area (Å²) in [6.07, 6.45) is 38.5. The molecular formula is C53H81O15P. The van der Waals surface area contributed by atoms with Crippen LogP contribution < -0.4 is 0 Å². The van der Waals surface area contributed by atoms with Gasteiger partial charge < -0.3 is 50.1 Å². The largest absolute Gasteiger partial charge is 0.472 e. The second kappa shape index (κ2) is 40.6. The van der Waals surface area contributed by atoms with Crippen molar-refractivity contribution in [3.05, 3.63) is 134 Å². The maximum Gasteiger partial charge on any atom is 0.472 e. The van der Waals surface area contributed by atoms with Crippen molar-refractivity contribution in [2.24, 2.45) is 0 Å². The summed E-state index contributed by atoms with van der Waals surface area (Å²) < 4.78 is 33.4. The molecule has 8 N–H and O–H groups in total. The van der Waals surface area contributed by atoms with E-state index in [1.54, 1.807) is 42.5 Å². The number of aliphatic hydroxyl groups is 7. The third kappa shape index (κ3) is 33.2. The van der Waals surface area contributed by atoms with E-state index in [2.05, 4.69) is 67.7 Å². The highest BCUT2D eigenvalue weighted by atomic mass is 31.2. The van der Waals surface area contributed by atoms with Crippen LogP contribution in [0, 0.1) is 0 Å². The topological polar surface area (TPSA) is 250 Å². The average molecular weight is 989 g/mol. The minimum atomic E-state index is -5.18. The number of phosphoric ester groups is 1. The molecule has 1 fully saturated rings. The van der Waals surface area contributed by atoms with E-state index in [1.807, 2.05) is 37.3 Å². The molecule has 10 atom stereocenters. The fourth-order valence-electron chi connectivity index (χ4n) is 6.28. The average Bonchev–Trinajstić information content (AvgIpc) is 3.32. The lowest BCUT2D eigenvalue weighted by Crippen LogP contribution is -2.64. The van der Waals surface area contributed by atoms with Crippen LogP contribution in [0.25, 0.3) is 0 Å². The first-order chi connectivity index (χ1) is 33.2. The van der Waals surface area contributed by atoms with Crippen molar-refractivity contribution in [2.45, 2.75) is 172 Å². The minimum absolute atomic E-state index is 0.0102. The highest BCUT2D eigenvalue weighted by molar-refractivity contribution is 7.47. The van der Waals surface area contributed by atoms with Crippen LogP contribution >= 0.6 is 7.82 Å². The molecule has 1 saturated carbocycles. The van der Waals surface area contributed by atoms with Crippen molar-refractivity contribution in [3.8, 4) is 0 Å². The van der Waals surface area contributed by atoms with E-state index in [0.717, 1.165) is 57.8 Å². The Bertz CT molecular complexity index is 1740. The summed E-state index contributed by atoms with van der Waals surface area (Å²) in [5, 5.41) is 70.2. The Balaban J connectivity index is 2.58. The van der Waals surface area contributed by atoms with Crippen molar-refractivity contribution in [3.63, 3.8) is 0 Å². The number of esters is 2. The number of aliphatic hydroxyl groups excluding tert-OH is 7. The predicted octanol–water partition coefficient (Wildman–Crippen LogP) is 7.88. The number of rotatable bonds is 37. The molecule has 3 unspecified atom stereocenters. The normalized spacial score (nSPS) is 23.0. The number of ether oxygens (including phenoxy) is 2. The third-order valence-corrected chi connectivity index (χ3v) is 11.2. The standard InChI is InChI=1S/C53H81O15P/c1-3-5-7-8-9-10-11-12-13-14-15-16-17-18-19-20-21-26-34-40-47(57)67-45(42-66-69(63,64)68-53-51(61)49(59)48(58)50(60)52(53)62)41-65-46(56)39-33-25-23-22-24-30-36-44(55)38-32-28-27-31-37-43(54)35-29-6-4-2/h5-7,9-10,12-13,15-16,18-19,23-25,27-32,37-38,43-45,48-55,58-62H,3-4,8,11,14,17,20-22,26,33-36,39-42H2,1-2H3,(H,63,64)/b7-5-,10-9-,13-12-,16-15-,19-18-,25-23-,28-27-,29-6-,30-24-,37-31+,38-32+/t43-,44+,45-,48?,49-,50+,51-,52-,53?/m1/s1. The molecule has 1 aliphatic rings. The highest BCUT2D eigenvalue weighted by Gasteiger charge is 2.51. The molecule has 388 valence electrons. The van der Waals surface area contributed by atoms with Gasteiger partial charge in [0.05, 0.1) is 18.8 Å². The van der Waals surface area contributed by atoms with Crippen LogP contribution in [-0.2, 0) is 32.7 Å². The van der Waals surface area contributed by atoms with Crippen molar-refractivity contribution >= 4 is 19.8 Å². The number of phosphoric acid groups is 1. The van der Waals surface area contributed by atoms with E-state index in [0.29, 0.717) is 32.1 Å². The Kier molecular flexibility index (Phi) is 37.0. The second-order valence-corrected chi connectivity index (χ2v) is 17.7. The fourth-order valence-corrected chi connectivity index (χ4v) is 7.25. The molecule has 0 aromatic heterocycles. The summed E-state index contributed by atoms with van der Waals surface area (Å²) in [5.41, 5.74) is 0. The molecule has 1 aliphatic carbocycles. The second-order valence-electron chi connectivity index (χ2n) is 16.2. The van der Waals surface area contributed by atoms with Gasteiger partial charge >= 0.3 is 19.8 Å². The molecule has 0 spiro atoms. The van der Waals surface area contributed by atoms with Gasteiger partial charge in [0.15, 0.2) is 6.10 Å². The highest BCUT2D eigenvalue weighted by Crippen LogP contribution is 2.47. The van der Waals surface area contributed by atoms with Crippen LogP contribution in [0.15, 0.2) is 134 Å². The lowest BCUT2D eigenvalue weighted by atomic mass is 9.85. The minimum Gasteiger partial charge on any atom is -0.462 e. The first kappa shape index (κ1) is 62.9. The maximum atomic E-state index is 12.8. The van der Waals surface area contributed by atoms with Crippen LogP contribution in [0.1, 0.15) is 117 Å². The van der Waals surface area contributed by atoms with Gasteiger partial charge in [-0.2, -0.15) is 0 Å². The van der Waals surface area contributed by atoms with E-state index in [4.69, 9.17) is 18.5 Å². The molecule has 0 amide bonds. The fraction of sp³-hybridized carbons (Fsp3) is 0.547. The number of unbranched alkanes of at least 4 members (excludes halogenated alkanes) is 3. The maximum absolute atomic E-state index is 12.8. The van der Waals surface area contributed by atoms with Gasteiger partial charge in [0.1, 0.15) is 43.2 Å². The first-order valence-corrected chi connectivity index (χ1v) is 25.7. The van der Waals surface area contributed by atoms with Crippen molar-refractivity contribution in [1.82, 2.24) is 0 Å². The van der Waals surface area contributed by atoms with Crippen molar-refractivity contribution in [2.75, 3.05) is 13.2 Å². The molecular weight excluding hydrogens is 908 g/mol. The van der Waals surface area contributed by atoms with Crippen molar-refractivity contribution in [1.29, 1.82) is 0 Å². The Morgan fingerprint density at radius 3 is 1.51 bits per heavy atom. The number of hydrogen-bond acceptors (Lipinski definition) is 14. The first-order valence-electron chi connectivity index (χ1n) is 24.2. The molecule has 0 bridgehead atoms. The molecule has 0 aromatic carbocycles. The number of hydrogen-bond donors (Lipinski definition) is 8. The zero-order chi connectivity index (χ0) is 51.0. The summed E-state index contributed by atoms with van der Waals surface area (Å²) in [5.74, 6) is -1.32. The van der Waals surface area contributed by atoms with Gasteiger partial charge in [-0.25, -0.2) is 4.57 Å². The molecule has 1 rings (SSSR count). The van der Waals surface area contributed by atoms with Crippen LogP contribution in [0.2, 0.25) is 0 Å². The van der Waals surface area contributed by atoms with E-state index < -0.39 is 87.9 Å². The molecule has 69 heavy (non-hydrogen) atoms. The van der Waals surface area contributed by atoms with Gasteiger partial charge in [-0.3, -0.25) is 18.6 Å². The van der Waals surface area contributed by atoms with Gasteiger partial charge in [-0.05, 0) is 83.5 Å². The molecule has 0 heterocycles. The summed E-state index contributed by atoms with van der Waals surface area (Å²) in [6.45, 7) is 2.80. The lowest BCUT2D eigenvalue weighted by Gasteiger charge is -2.41. The third-order valence-electron chi connectivity index (χ3n) is 10.2. The molecule has 0 aliphatic heterocycles. The Morgan fingerprint density at radius 2 is 0.971 bits per heavy atom. The smallest absolute Gasteiger partial charge is 0.462 e.